The first-order valence-corrected chi connectivity index (χ1v) is 4.48. The molecule has 1 fully saturated rings. The Hall–Kier alpha value is -1.30. The van der Waals surface area contributed by atoms with Crippen LogP contribution in [0.15, 0.2) is 16.7 Å². The first-order valence-electron chi connectivity index (χ1n) is 4.48. The smallest absolute Gasteiger partial charge is 0.351 e. The number of halogens is 3. The lowest BCUT2D eigenvalue weighted by molar-refractivity contribution is -0.155. The van der Waals surface area contributed by atoms with E-state index in [0.29, 0.717) is 5.92 Å². The minimum atomic E-state index is -4.46. The topological polar surface area (TPSA) is 38.1 Å². The predicted molar refractivity (Wildman–Crippen MR) is 46.9 cm³/mol. The van der Waals surface area contributed by atoms with Gasteiger partial charge in [0.15, 0.2) is 0 Å². The summed E-state index contributed by atoms with van der Waals surface area (Å²) in [4.78, 5) is 0. The molecule has 0 amide bonds. The molecule has 2 rings (SSSR count). The van der Waals surface area contributed by atoms with Crippen molar-refractivity contribution in [3.05, 3.63) is 23.6 Å². The molecule has 1 aliphatic heterocycles. The van der Waals surface area contributed by atoms with Crippen LogP contribution in [0.5, 0.6) is 0 Å². The second kappa shape index (κ2) is 3.69. The highest BCUT2D eigenvalue weighted by atomic mass is 19.4. The number of aromatic nitrogens is 1. The Bertz CT molecular complexity index is 366. The molecule has 6 heteroatoms. The Morgan fingerprint density at radius 3 is 2.67 bits per heavy atom. The van der Waals surface area contributed by atoms with Gasteiger partial charge in [0, 0.05) is 25.1 Å². The van der Waals surface area contributed by atoms with Crippen molar-refractivity contribution >= 4 is 6.08 Å². The van der Waals surface area contributed by atoms with Crippen LogP contribution in [-0.4, -0.2) is 18.2 Å². The maximum atomic E-state index is 12.1. The summed E-state index contributed by atoms with van der Waals surface area (Å²) >= 11 is 0. The maximum Gasteiger partial charge on any atom is 0.452 e. The van der Waals surface area contributed by atoms with Crippen molar-refractivity contribution in [1.82, 2.24) is 10.5 Å². The third-order valence-electron chi connectivity index (χ3n) is 2.16. The van der Waals surface area contributed by atoms with Crippen molar-refractivity contribution in [2.75, 3.05) is 13.1 Å². The van der Waals surface area contributed by atoms with Crippen molar-refractivity contribution in [2.24, 2.45) is 5.92 Å². The fourth-order valence-electron chi connectivity index (χ4n) is 1.18. The van der Waals surface area contributed by atoms with E-state index in [1.165, 1.54) is 0 Å². The lowest BCUT2D eigenvalue weighted by Crippen LogP contribution is -2.40. The van der Waals surface area contributed by atoms with Gasteiger partial charge < -0.3 is 9.84 Å². The third-order valence-corrected chi connectivity index (χ3v) is 2.16. The van der Waals surface area contributed by atoms with Gasteiger partial charge >= 0.3 is 6.18 Å². The van der Waals surface area contributed by atoms with Crippen LogP contribution in [0.2, 0.25) is 0 Å². The van der Waals surface area contributed by atoms with E-state index in [1.54, 1.807) is 6.08 Å². The zero-order chi connectivity index (χ0) is 10.9. The largest absolute Gasteiger partial charge is 0.452 e. The molecular formula is C9H9F3N2O. The van der Waals surface area contributed by atoms with E-state index in [2.05, 4.69) is 15.0 Å². The molecule has 3 nitrogen and oxygen atoms in total. The van der Waals surface area contributed by atoms with Gasteiger partial charge in [0.1, 0.15) is 5.69 Å². The first kappa shape index (κ1) is 10.2. The van der Waals surface area contributed by atoms with Gasteiger partial charge in [0.05, 0.1) is 0 Å². The number of alkyl halides is 3. The molecule has 0 saturated carbocycles. The summed E-state index contributed by atoms with van der Waals surface area (Å²) < 4.78 is 40.5. The van der Waals surface area contributed by atoms with Gasteiger partial charge in [-0.25, -0.2) is 0 Å². The molecule has 15 heavy (non-hydrogen) atoms. The highest BCUT2D eigenvalue weighted by Crippen LogP contribution is 2.29. The summed E-state index contributed by atoms with van der Waals surface area (Å²) in [6, 6.07) is 0.891. The summed E-state index contributed by atoms with van der Waals surface area (Å²) in [5, 5.41) is 6.36. The Morgan fingerprint density at radius 2 is 2.20 bits per heavy atom. The maximum absolute atomic E-state index is 12.1. The number of nitrogens with zero attached hydrogens (tertiary/aromatic N) is 1. The van der Waals surface area contributed by atoms with E-state index < -0.39 is 11.9 Å². The highest BCUT2D eigenvalue weighted by molar-refractivity contribution is 5.45. The Morgan fingerprint density at radius 1 is 1.47 bits per heavy atom. The normalized spacial score (nSPS) is 18.3. The van der Waals surface area contributed by atoms with Crippen LogP contribution < -0.4 is 5.32 Å². The summed E-state index contributed by atoms with van der Waals surface area (Å²) in [5.41, 5.74) is 0.203. The monoisotopic (exact) mass is 218 g/mol. The molecule has 1 N–H and O–H groups in total. The molecule has 2 heterocycles. The molecule has 0 bridgehead atoms. The van der Waals surface area contributed by atoms with Crippen LogP contribution in [0.3, 0.4) is 0 Å². The van der Waals surface area contributed by atoms with Crippen LogP contribution in [-0.2, 0) is 6.18 Å². The Kier molecular flexibility index (Phi) is 2.52. The first-order chi connectivity index (χ1) is 7.05. The second-order valence-electron chi connectivity index (χ2n) is 3.39. The van der Waals surface area contributed by atoms with Gasteiger partial charge in [0.2, 0.25) is 5.76 Å². The molecule has 1 saturated heterocycles. The molecule has 1 aliphatic rings. The summed E-state index contributed by atoms with van der Waals surface area (Å²) in [6.07, 6.45) is -1.09. The van der Waals surface area contributed by atoms with Gasteiger partial charge in [-0.05, 0) is 6.08 Å². The molecule has 0 radical (unpaired) electrons. The minimum absolute atomic E-state index is 0.203. The van der Waals surface area contributed by atoms with Crippen molar-refractivity contribution in [1.29, 1.82) is 0 Å². The lowest BCUT2D eigenvalue weighted by Gasteiger charge is -2.23. The number of hydrogen-bond acceptors (Lipinski definition) is 3. The van der Waals surface area contributed by atoms with Crippen LogP contribution >= 0.6 is 0 Å². The Balaban J connectivity index is 2.03. The molecule has 0 atom stereocenters. The lowest BCUT2D eigenvalue weighted by atomic mass is 10.0. The third kappa shape index (κ3) is 2.38. The van der Waals surface area contributed by atoms with Gasteiger partial charge in [0.25, 0.3) is 0 Å². The van der Waals surface area contributed by atoms with Crippen molar-refractivity contribution in [3.8, 4) is 0 Å². The SMILES string of the molecule is FC(F)(F)c1cc(/C=C/C2CNC2)no1. The summed E-state index contributed by atoms with van der Waals surface area (Å²) in [6.45, 7) is 1.72. The standard InChI is InChI=1S/C9H9F3N2O/c10-9(11,12)8-3-7(14-15-8)2-1-6-4-13-5-6/h1-3,6,13H,4-5H2/b2-1+. The number of nitrogens with one attached hydrogen (secondary N) is 1. The van der Waals surface area contributed by atoms with Crippen LogP contribution in [0.1, 0.15) is 11.5 Å². The minimum Gasteiger partial charge on any atom is -0.351 e. The fourth-order valence-corrected chi connectivity index (χ4v) is 1.18. The molecule has 0 spiro atoms. The van der Waals surface area contributed by atoms with Crippen LogP contribution in [0.4, 0.5) is 13.2 Å². The van der Waals surface area contributed by atoms with Gasteiger partial charge in [-0.2, -0.15) is 13.2 Å². The summed E-state index contributed by atoms with van der Waals surface area (Å²) in [5.74, 6) is -0.676. The number of rotatable bonds is 2. The van der Waals surface area contributed by atoms with Crippen molar-refractivity contribution in [2.45, 2.75) is 6.18 Å². The molecular weight excluding hydrogens is 209 g/mol. The zero-order valence-corrected chi connectivity index (χ0v) is 7.71. The zero-order valence-electron chi connectivity index (χ0n) is 7.71. The van der Waals surface area contributed by atoms with Gasteiger partial charge in [-0.15, -0.1) is 0 Å². The van der Waals surface area contributed by atoms with Gasteiger partial charge in [-0.1, -0.05) is 11.2 Å². The Labute approximate surface area is 83.9 Å². The number of hydrogen-bond donors (Lipinski definition) is 1. The van der Waals surface area contributed by atoms with Crippen molar-refractivity contribution in [3.63, 3.8) is 0 Å². The summed E-state index contributed by atoms with van der Waals surface area (Å²) in [7, 11) is 0. The molecule has 0 unspecified atom stereocenters. The van der Waals surface area contributed by atoms with E-state index >= 15 is 0 Å². The quantitative estimate of drug-likeness (QED) is 0.824. The van der Waals surface area contributed by atoms with Gasteiger partial charge in [-0.3, -0.25) is 0 Å². The average Bonchev–Trinajstić information content (AvgIpc) is 2.48. The molecule has 1 aromatic rings. The van der Waals surface area contributed by atoms with E-state index in [0.717, 1.165) is 19.2 Å². The van der Waals surface area contributed by atoms with E-state index in [-0.39, 0.29) is 5.69 Å². The predicted octanol–water partition coefficient (Wildman–Crippen LogP) is 1.93. The molecule has 0 aromatic carbocycles. The molecule has 1 aromatic heterocycles. The van der Waals surface area contributed by atoms with E-state index in [4.69, 9.17) is 0 Å². The van der Waals surface area contributed by atoms with Crippen LogP contribution in [0, 0.1) is 5.92 Å². The molecule has 82 valence electrons. The second-order valence-corrected chi connectivity index (χ2v) is 3.39. The highest BCUT2D eigenvalue weighted by Gasteiger charge is 2.35. The average molecular weight is 218 g/mol. The fraction of sp³-hybridized carbons (Fsp3) is 0.444. The van der Waals surface area contributed by atoms with Crippen LogP contribution in [0.25, 0.3) is 6.08 Å². The van der Waals surface area contributed by atoms with E-state index in [9.17, 15) is 13.2 Å². The van der Waals surface area contributed by atoms with E-state index in [1.807, 2.05) is 6.08 Å². The van der Waals surface area contributed by atoms with Crippen molar-refractivity contribution < 1.29 is 17.7 Å². The molecule has 0 aliphatic carbocycles.